The fourth-order valence-electron chi connectivity index (χ4n) is 1.72. The Morgan fingerprint density at radius 3 is 2.77 bits per heavy atom. The summed E-state index contributed by atoms with van der Waals surface area (Å²) in [6.07, 6.45) is 2.49. The second-order valence-corrected chi connectivity index (χ2v) is 3.96. The van der Waals surface area contributed by atoms with Crippen LogP contribution in [0.25, 0.3) is 0 Å². The van der Waals surface area contributed by atoms with E-state index in [2.05, 4.69) is 0 Å². The molecule has 0 bridgehead atoms. The lowest BCUT2D eigenvalue weighted by molar-refractivity contribution is 0.613. The number of benzene rings is 1. The molecule has 2 rings (SSSR count). The summed E-state index contributed by atoms with van der Waals surface area (Å²) in [5.41, 5.74) is 1.05. The average molecular weight is 199 g/mol. The Balaban J connectivity index is 2.21. The minimum atomic E-state index is -0.159. The molecule has 1 aliphatic carbocycles. The van der Waals surface area contributed by atoms with Crippen LogP contribution in [0.15, 0.2) is 24.3 Å². The van der Waals surface area contributed by atoms with Gasteiger partial charge in [0.25, 0.3) is 0 Å². The predicted molar refractivity (Wildman–Crippen MR) is 52.6 cm³/mol. The van der Waals surface area contributed by atoms with E-state index in [0.29, 0.717) is 17.7 Å². The molecular formula is C11H12ClF. The zero-order valence-corrected chi connectivity index (χ0v) is 8.10. The van der Waals surface area contributed by atoms with Crippen LogP contribution in [-0.2, 0) is 0 Å². The van der Waals surface area contributed by atoms with Crippen molar-refractivity contribution in [2.24, 2.45) is 5.92 Å². The van der Waals surface area contributed by atoms with Crippen LogP contribution in [-0.4, -0.2) is 5.88 Å². The van der Waals surface area contributed by atoms with E-state index in [-0.39, 0.29) is 5.82 Å². The van der Waals surface area contributed by atoms with Crippen molar-refractivity contribution in [3.63, 3.8) is 0 Å². The first-order valence-electron chi connectivity index (χ1n) is 4.62. The minimum absolute atomic E-state index is 0.159. The van der Waals surface area contributed by atoms with Crippen molar-refractivity contribution in [1.82, 2.24) is 0 Å². The van der Waals surface area contributed by atoms with Crippen LogP contribution in [0.5, 0.6) is 0 Å². The highest BCUT2D eigenvalue weighted by atomic mass is 35.5. The summed E-state index contributed by atoms with van der Waals surface area (Å²) < 4.78 is 12.9. The van der Waals surface area contributed by atoms with Gasteiger partial charge in [-0.05, 0) is 36.5 Å². The molecule has 1 atom stereocenters. The first-order chi connectivity index (χ1) is 6.31. The molecule has 1 aromatic carbocycles. The highest BCUT2D eigenvalue weighted by Crippen LogP contribution is 2.43. The maximum atomic E-state index is 12.9. The molecule has 0 saturated heterocycles. The Kier molecular flexibility index (Phi) is 2.54. The lowest BCUT2D eigenvalue weighted by Crippen LogP contribution is -2.02. The van der Waals surface area contributed by atoms with Crippen LogP contribution in [0.3, 0.4) is 0 Å². The molecule has 2 heteroatoms. The van der Waals surface area contributed by atoms with Gasteiger partial charge in [0.1, 0.15) is 5.82 Å². The summed E-state index contributed by atoms with van der Waals surface area (Å²) in [5.74, 6) is 1.50. The van der Waals surface area contributed by atoms with Gasteiger partial charge in [-0.1, -0.05) is 12.1 Å². The summed E-state index contributed by atoms with van der Waals surface area (Å²) in [5, 5.41) is 0. The molecule has 1 fully saturated rings. The van der Waals surface area contributed by atoms with Gasteiger partial charge < -0.3 is 0 Å². The molecule has 0 amide bonds. The number of hydrogen-bond donors (Lipinski definition) is 0. The summed E-state index contributed by atoms with van der Waals surface area (Å²) in [4.78, 5) is 0. The van der Waals surface area contributed by atoms with Crippen molar-refractivity contribution in [3.8, 4) is 0 Å². The smallest absolute Gasteiger partial charge is 0.123 e. The molecule has 13 heavy (non-hydrogen) atoms. The Morgan fingerprint density at radius 2 is 2.23 bits per heavy atom. The Bertz CT molecular complexity index is 294. The monoisotopic (exact) mass is 198 g/mol. The van der Waals surface area contributed by atoms with Crippen LogP contribution >= 0.6 is 11.6 Å². The highest BCUT2D eigenvalue weighted by Gasteiger charge is 2.31. The standard InChI is InChI=1S/C11H12ClF/c12-7-11(8-4-5-8)9-2-1-3-10(13)6-9/h1-3,6,8,11H,4-5,7H2. The van der Waals surface area contributed by atoms with E-state index in [0.717, 1.165) is 5.56 Å². The number of rotatable bonds is 3. The Labute approximate surface area is 82.7 Å². The molecule has 0 aliphatic heterocycles. The van der Waals surface area contributed by atoms with Crippen LogP contribution in [0, 0.1) is 11.7 Å². The quantitative estimate of drug-likeness (QED) is 0.652. The summed E-state index contributed by atoms with van der Waals surface area (Å²) in [6.45, 7) is 0. The number of halogens is 2. The van der Waals surface area contributed by atoms with Crippen LogP contribution < -0.4 is 0 Å². The molecule has 0 heterocycles. The van der Waals surface area contributed by atoms with Gasteiger partial charge in [-0.25, -0.2) is 4.39 Å². The van der Waals surface area contributed by atoms with Gasteiger partial charge in [0, 0.05) is 11.8 Å². The second-order valence-electron chi connectivity index (χ2n) is 3.65. The van der Waals surface area contributed by atoms with Crippen LogP contribution in [0.4, 0.5) is 4.39 Å². The lowest BCUT2D eigenvalue weighted by atomic mass is 9.96. The molecule has 0 N–H and O–H groups in total. The molecule has 1 unspecified atom stereocenters. The van der Waals surface area contributed by atoms with Crippen molar-refractivity contribution >= 4 is 11.6 Å². The summed E-state index contributed by atoms with van der Waals surface area (Å²) in [6, 6.07) is 6.80. The zero-order valence-electron chi connectivity index (χ0n) is 7.34. The van der Waals surface area contributed by atoms with Gasteiger partial charge in [-0.2, -0.15) is 0 Å². The fraction of sp³-hybridized carbons (Fsp3) is 0.455. The maximum Gasteiger partial charge on any atom is 0.123 e. The topological polar surface area (TPSA) is 0 Å². The van der Waals surface area contributed by atoms with E-state index < -0.39 is 0 Å². The molecule has 1 saturated carbocycles. The third-order valence-electron chi connectivity index (χ3n) is 2.63. The van der Waals surface area contributed by atoms with E-state index in [4.69, 9.17) is 11.6 Å². The molecule has 1 aliphatic rings. The molecule has 0 spiro atoms. The third-order valence-corrected chi connectivity index (χ3v) is 2.97. The van der Waals surface area contributed by atoms with Crippen molar-refractivity contribution in [2.45, 2.75) is 18.8 Å². The van der Waals surface area contributed by atoms with E-state index >= 15 is 0 Å². The van der Waals surface area contributed by atoms with E-state index in [1.807, 2.05) is 6.07 Å². The Hall–Kier alpha value is -0.560. The van der Waals surface area contributed by atoms with Crippen molar-refractivity contribution in [1.29, 1.82) is 0 Å². The zero-order chi connectivity index (χ0) is 9.26. The highest BCUT2D eigenvalue weighted by molar-refractivity contribution is 6.18. The van der Waals surface area contributed by atoms with Gasteiger partial charge in [0.05, 0.1) is 0 Å². The van der Waals surface area contributed by atoms with Gasteiger partial charge in [-0.15, -0.1) is 11.6 Å². The van der Waals surface area contributed by atoms with Crippen molar-refractivity contribution in [3.05, 3.63) is 35.6 Å². The van der Waals surface area contributed by atoms with E-state index in [1.54, 1.807) is 12.1 Å². The lowest BCUT2D eigenvalue weighted by Gasteiger charge is -2.12. The number of alkyl halides is 1. The van der Waals surface area contributed by atoms with Gasteiger partial charge >= 0.3 is 0 Å². The third kappa shape index (κ3) is 2.02. The molecule has 0 aromatic heterocycles. The normalized spacial score (nSPS) is 18.6. The summed E-state index contributed by atoms with van der Waals surface area (Å²) >= 11 is 5.87. The largest absolute Gasteiger partial charge is 0.207 e. The Morgan fingerprint density at radius 1 is 1.46 bits per heavy atom. The SMILES string of the molecule is Fc1cccc(C(CCl)C2CC2)c1. The maximum absolute atomic E-state index is 12.9. The fourth-order valence-corrected chi connectivity index (χ4v) is 2.15. The summed E-state index contributed by atoms with van der Waals surface area (Å²) in [7, 11) is 0. The average Bonchev–Trinajstić information content (AvgIpc) is 2.90. The van der Waals surface area contributed by atoms with Crippen molar-refractivity contribution in [2.75, 3.05) is 5.88 Å². The predicted octanol–water partition coefficient (Wildman–Crippen LogP) is 3.56. The van der Waals surface area contributed by atoms with Gasteiger partial charge in [0.2, 0.25) is 0 Å². The molecule has 0 radical (unpaired) electrons. The van der Waals surface area contributed by atoms with Crippen LogP contribution in [0.2, 0.25) is 0 Å². The first-order valence-corrected chi connectivity index (χ1v) is 5.16. The molecule has 0 nitrogen and oxygen atoms in total. The first kappa shape index (κ1) is 9.01. The molecule has 1 aromatic rings. The van der Waals surface area contributed by atoms with E-state index in [9.17, 15) is 4.39 Å². The molecule has 70 valence electrons. The van der Waals surface area contributed by atoms with E-state index in [1.165, 1.54) is 18.9 Å². The van der Waals surface area contributed by atoms with Crippen molar-refractivity contribution < 1.29 is 4.39 Å². The minimum Gasteiger partial charge on any atom is -0.207 e. The second kappa shape index (κ2) is 3.67. The van der Waals surface area contributed by atoms with Crippen LogP contribution in [0.1, 0.15) is 24.3 Å². The van der Waals surface area contributed by atoms with Gasteiger partial charge in [-0.3, -0.25) is 0 Å². The number of hydrogen-bond acceptors (Lipinski definition) is 0. The molecular weight excluding hydrogens is 187 g/mol. The van der Waals surface area contributed by atoms with Gasteiger partial charge in [0.15, 0.2) is 0 Å².